The van der Waals surface area contributed by atoms with Crippen LogP contribution in [0.15, 0.2) is 0 Å². The number of hydrogen-bond acceptors (Lipinski definition) is 2. The molecule has 3 heteroatoms. The maximum absolute atomic E-state index is 11.4. The number of rotatable bonds is 5. The molecule has 0 aromatic rings. The van der Waals surface area contributed by atoms with E-state index in [1.807, 2.05) is 13.8 Å². The van der Waals surface area contributed by atoms with E-state index in [1.54, 1.807) is 0 Å². The minimum Gasteiger partial charge on any atom is -0.378 e. The van der Waals surface area contributed by atoms with Gasteiger partial charge in [-0.2, -0.15) is 3.89 Å². The predicted octanol–water partition coefficient (Wildman–Crippen LogP) is 2.42. The van der Waals surface area contributed by atoms with E-state index in [4.69, 9.17) is 4.74 Å². The molecule has 0 rings (SSSR count). The maximum Gasteiger partial charge on any atom is 0.0585 e. The van der Waals surface area contributed by atoms with Gasteiger partial charge in [-0.3, -0.25) is 0 Å². The van der Waals surface area contributed by atoms with Gasteiger partial charge in [-0.25, -0.2) is 0 Å². The van der Waals surface area contributed by atoms with Crippen molar-refractivity contribution in [2.75, 3.05) is 12.4 Å². The quantitative estimate of drug-likeness (QED) is 0.559. The van der Waals surface area contributed by atoms with Crippen molar-refractivity contribution in [2.45, 2.75) is 26.4 Å². The number of ether oxygens (including phenoxy) is 1. The zero-order chi connectivity index (χ0) is 7.11. The van der Waals surface area contributed by atoms with Gasteiger partial charge in [0.15, 0.2) is 0 Å². The second kappa shape index (κ2) is 6.36. The highest BCUT2D eigenvalue weighted by atomic mass is 32.2. The molecule has 0 spiro atoms. The minimum absolute atomic E-state index is 0.275. The van der Waals surface area contributed by atoms with E-state index in [0.29, 0.717) is 24.5 Å². The molecule has 1 unspecified atom stereocenters. The van der Waals surface area contributed by atoms with E-state index in [2.05, 4.69) is 0 Å². The van der Waals surface area contributed by atoms with E-state index < -0.39 is 0 Å². The molecule has 0 aliphatic carbocycles. The zero-order valence-electron chi connectivity index (χ0n) is 5.89. The Morgan fingerprint density at radius 2 is 2.33 bits per heavy atom. The first-order valence-corrected chi connectivity index (χ1v) is 4.05. The summed E-state index contributed by atoms with van der Waals surface area (Å²) in [7, 11) is 0. The summed E-state index contributed by atoms with van der Waals surface area (Å²) >= 11 is 0.329. The second-order valence-corrected chi connectivity index (χ2v) is 2.53. The van der Waals surface area contributed by atoms with Crippen molar-refractivity contribution in [3.8, 4) is 0 Å². The van der Waals surface area contributed by atoms with Crippen molar-refractivity contribution >= 4 is 12.1 Å². The molecule has 0 saturated carbocycles. The first-order chi connectivity index (χ1) is 4.31. The van der Waals surface area contributed by atoms with Crippen LogP contribution in [-0.4, -0.2) is 18.5 Å². The second-order valence-electron chi connectivity index (χ2n) is 1.90. The highest BCUT2D eigenvalue weighted by Crippen LogP contribution is 2.01. The van der Waals surface area contributed by atoms with Gasteiger partial charge in [0.2, 0.25) is 0 Å². The molecule has 0 N–H and O–H groups in total. The fourth-order valence-electron chi connectivity index (χ4n) is 0.399. The zero-order valence-corrected chi connectivity index (χ0v) is 6.71. The van der Waals surface area contributed by atoms with Crippen molar-refractivity contribution in [1.29, 1.82) is 0 Å². The number of halogens is 1. The Balaban J connectivity index is 2.88. The molecule has 0 bridgehead atoms. The van der Waals surface area contributed by atoms with E-state index >= 15 is 0 Å². The Bertz CT molecular complexity index is 61.0. The molecule has 0 aromatic heterocycles. The molecule has 0 aromatic carbocycles. The molecule has 1 atom stereocenters. The monoisotopic (exact) mass is 152 g/mol. The van der Waals surface area contributed by atoms with Gasteiger partial charge in [-0.15, -0.1) is 0 Å². The Morgan fingerprint density at radius 1 is 1.67 bits per heavy atom. The maximum atomic E-state index is 11.4. The van der Waals surface area contributed by atoms with E-state index in [0.717, 1.165) is 6.42 Å². The largest absolute Gasteiger partial charge is 0.378 e. The molecule has 56 valence electrons. The molecular weight excluding hydrogens is 139 g/mol. The Morgan fingerprint density at radius 3 is 2.78 bits per heavy atom. The van der Waals surface area contributed by atoms with Gasteiger partial charge in [0, 0.05) is 17.9 Å². The lowest BCUT2D eigenvalue weighted by atomic mass is 10.3. The molecule has 9 heavy (non-hydrogen) atoms. The normalized spacial score (nSPS) is 13.7. The van der Waals surface area contributed by atoms with Crippen molar-refractivity contribution in [1.82, 2.24) is 0 Å². The third-order valence-electron chi connectivity index (χ3n) is 1.14. The summed E-state index contributed by atoms with van der Waals surface area (Å²) in [5, 5.41) is 0. The summed E-state index contributed by atoms with van der Waals surface area (Å²) in [5.41, 5.74) is 0. The van der Waals surface area contributed by atoms with E-state index in [1.165, 1.54) is 0 Å². The van der Waals surface area contributed by atoms with Crippen LogP contribution in [0.25, 0.3) is 0 Å². The van der Waals surface area contributed by atoms with E-state index in [-0.39, 0.29) is 6.10 Å². The molecule has 0 heterocycles. The smallest absolute Gasteiger partial charge is 0.0585 e. The summed E-state index contributed by atoms with van der Waals surface area (Å²) in [4.78, 5) is 0. The van der Waals surface area contributed by atoms with Gasteiger partial charge in [-0.1, -0.05) is 6.92 Å². The molecule has 1 nitrogen and oxygen atoms in total. The standard InChI is InChI=1S/C6H13FOS/c1-3-6(2)8-4-5-9-7/h6H,3-5H2,1-2H3. The minimum atomic E-state index is 0.275. The van der Waals surface area contributed by atoms with Crippen LogP contribution in [0.5, 0.6) is 0 Å². The molecule has 0 radical (unpaired) electrons. The van der Waals surface area contributed by atoms with Crippen LogP contribution < -0.4 is 0 Å². The third-order valence-corrected chi connectivity index (χ3v) is 1.46. The summed E-state index contributed by atoms with van der Waals surface area (Å²) < 4.78 is 16.6. The fraction of sp³-hybridized carbons (Fsp3) is 1.00. The average molecular weight is 152 g/mol. The van der Waals surface area contributed by atoms with Crippen LogP contribution in [0.2, 0.25) is 0 Å². The molecule has 0 aliphatic heterocycles. The van der Waals surface area contributed by atoms with Gasteiger partial charge in [0.1, 0.15) is 0 Å². The predicted molar refractivity (Wildman–Crippen MR) is 39.3 cm³/mol. The topological polar surface area (TPSA) is 9.23 Å². The SMILES string of the molecule is CCC(C)OCCSF. The van der Waals surface area contributed by atoms with E-state index in [9.17, 15) is 3.89 Å². The van der Waals surface area contributed by atoms with Crippen molar-refractivity contribution < 1.29 is 8.62 Å². The van der Waals surface area contributed by atoms with Gasteiger partial charge in [0.05, 0.1) is 12.7 Å². The number of hydrogen-bond donors (Lipinski definition) is 0. The van der Waals surface area contributed by atoms with Gasteiger partial charge in [-0.05, 0) is 13.3 Å². The highest BCUT2D eigenvalue weighted by Gasteiger charge is 1.96. The van der Waals surface area contributed by atoms with Crippen LogP contribution in [-0.2, 0) is 4.74 Å². The van der Waals surface area contributed by atoms with Crippen molar-refractivity contribution in [3.05, 3.63) is 0 Å². The lowest BCUT2D eigenvalue weighted by Gasteiger charge is -2.07. The van der Waals surface area contributed by atoms with Gasteiger partial charge in [0.25, 0.3) is 0 Å². The molecular formula is C6H13FOS. The molecule has 0 fully saturated rings. The van der Waals surface area contributed by atoms with Crippen molar-refractivity contribution in [3.63, 3.8) is 0 Å². The van der Waals surface area contributed by atoms with Crippen molar-refractivity contribution in [2.24, 2.45) is 0 Å². The summed E-state index contributed by atoms with van der Waals surface area (Å²) in [6.07, 6.45) is 1.27. The first kappa shape index (κ1) is 9.24. The Labute approximate surface area is 60.3 Å². The van der Waals surface area contributed by atoms with Crippen LogP contribution in [0.4, 0.5) is 3.89 Å². The summed E-state index contributed by atoms with van der Waals surface area (Å²) in [6.45, 7) is 4.56. The highest BCUT2D eigenvalue weighted by molar-refractivity contribution is 7.94. The van der Waals surface area contributed by atoms with Gasteiger partial charge >= 0.3 is 0 Å². The average Bonchev–Trinajstić information content (AvgIpc) is 1.89. The van der Waals surface area contributed by atoms with Gasteiger partial charge < -0.3 is 4.74 Å². The summed E-state index contributed by atoms with van der Waals surface area (Å²) in [6, 6.07) is 0. The lowest BCUT2D eigenvalue weighted by molar-refractivity contribution is 0.0757. The van der Waals surface area contributed by atoms with Crippen LogP contribution in [0, 0.1) is 0 Å². The van der Waals surface area contributed by atoms with Crippen LogP contribution in [0.1, 0.15) is 20.3 Å². The Kier molecular flexibility index (Phi) is 6.53. The Hall–Kier alpha value is 0.240. The third kappa shape index (κ3) is 6.12. The fourth-order valence-corrected chi connectivity index (χ4v) is 0.558. The molecule has 0 amide bonds. The van der Waals surface area contributed by atoms with Crippen LogP contribution in [0.3, 0.4) is 0 Å². The van der Waals surface area contributed by atoms with Crippen LogP contribution >= 0.6 is 12.1 Å². The molecule has 0 saturated heterocycles. The first-order valence-electron chi connectivity index (χ1n) is 3.16. The molecule has 0 aliphatic rings. The lowest BCUT2D eigenvalue weighted by Crippen LogP contribution is -2.08. The summed E-state index contributed by atoms with van der Waals surface area (Å²) in [5.74, 6) is 0.449.